The van der Waals surface area contributed by atoms with Crippen LogP contribution >= 0.6 is 12.4 Å². The van der Waals surface area contributed by atoms with E-state index < -0.39 is 0 Å². The summed E-state index contributed by atoms with van der Waals surface area (Å²) in [4.78, 5) is 6.68. The van der Waals surface area contributed by atoms with Crippen LogP contribution in [0.15, 0.2) is 34.9 Å². The van der Waals surface area contributed by atoms with Crippen LogP contribution in [0.1, 0.15) is 23.3 Å². The molecule has 0 saturated carbocycles. The monoisotopic (exact) mass is 338 g/mol. The standard InChI is InChI=1S/C16H22N4O2.ClH/c1-20-9-8-17-11-14(20)16-18-15(22-19-16)12-21-10-7-13-5-3-2-4-6-13;/h2-6,14,17H,7-12H2,1H3;1H. The molecule has 2 aromatic rings. The second kappa shape index (κ2) is 8.98. The van der Waals surface area contributed by atoms with E-state index in [9.17, 15) is 0 Å². The van der Waals surface area contributed by atoms with E-state index >= 15 is 0 Å². The van der Waals surface area contributed by atoms with Gasteiger partial charge in [0.15, 0.2) is 5.82 Å². The van der Waals surface area contributed by atoms with Gasteiger partial charge in [0.2, 0.25) is 0 Å². The number of hydrogen-bond donors (Lipinski definition) is 1. The van der Waals surface area contributed by atoms with Crippen molar-refractivity contribution < 1.29 is 9.26 Å². The van der Waals surface area contributed by atoms with E-state index in [4.69, 9.17) is 9.26 Å². The second-order valence-electron chi connectivity index (χ2n) is 5.54. The first-order valence-electron chi connectivity index (χ1n) is 7.68. The third kappa shape index (κ3) is 5.00. The van der Waals surface area contributed by atoms with Crippen LogP contribution in [0.5, 0.6) is 0 Å². The van der Waals surface area contributed by atoms with Crippen LogP contribution < -0.4 is 5.32 Å². The SMILES string of the molecule is CN1CCNCC1c1noc(COCCc2ccccc2)n1.Cl. The highest BCUT2D eigenvalue weighted by molar-refractivity contribution is 5.85. The fourth-order valence-electron chi connectivity index (χ4n) is 2.55. The predicted molar refractivity (Wildman–Crippen MR) is 89.6 cm³/mol. The molecule has 0 bridgehead atoms. The van der Waals surface area contributed by atoms with E-state index in [0.717, 1.165) is 31.9 Å². The summed E-state index contributed by atoms with van der Waals surface area (Å²) >= 11 is 0. The number of nitrogens with zero attached hydrogens (tertiary/aromatic N) is 3. The van der Waals surface area contributed by atoms with Crippen molar-refractivity contribution in [2.24, 2.45) is 0 Å². The first kappa shape index (κ1) is 17.9. The van der Waals surface area contributed by atoms with Gasteiger partial charge in [-0.3, -0.25) is 4.90 Å². The van der Waals surface area contributed by atoms with Gasteiger partial charge >= 0.3 is 0 Å². The van der Waals surface area contributed by atoms with Crippen LogP contribution in [-0.2, 0) is 17.8 Å². The quantitative estimate of drug-likeness (QED) is 0.811. The van der Waals surface area contributed by atoms with Crippen molar-refractivity contribution in [2.45, 2.75) is 19.1 Å². The van der Waals surface area contributed by atoms with Crippen molar-refractivity contribution in [2.75, 3.05) is 33.3 Å². The van der Waals surface area contributed by atoms with Crippen LogP contribution in [0.2, 0.25) is 0 Å². The number of rotatable bonds is 6. The fourth-order valence-corrected chi connectivity index (χ4v) is 2.55. The third-order valence-corrected chi connectivity index (χ3v) is 3.90. The van der Waals surface area contributed by atoms with Gasteiger partial charge in [0.25, 0.3) is 5.89 Å². The Kier molecular flexibility index (Phi) is 6.98. The summed E-state index contributed by atoms with van der Waals surface area (Å²) in [6.07, 6.45) is 0.886. The molecule has 126 valence electrons. The Morgan fingerprint density at radius 2 is 2.17 bits per heavy atom. The Balaban J connectivity index is 0.00000192. The molecule has 6 nitrogen and oxygen atoms in total. The molecule has 0 radical (unpaired) electrons. The molecular formula is C16H23ClN4O2. The third-order valence-electron chi connectivity index (χ3n) is 3.90. The van der Waals surface area contributed by atoms with Gasteiger partial charge in [-0.15, -0.1) is 12.4 Å². The molecule has 1 unspecified atom stereocenters. The maximum absolute atomic E-state index is 5.63. The molecule has 0 aliphatic carbocycles. The number of nitrogens with one attached hydrogen (secondary N) is 1. The zero-order valence-corrected chi connectivity index (χ0v) is 14.1. The van der Waals surface area contributed by atoms with E-state index in [0.29, 0.717) is 19.1 Å². The van der Waals surface area contributed by atoms with Crippen LogP contribution in [0.25, 0.3) is 0 Å². The lowest BCUT2D eigenvalue weighted by Crippen LogP contribution is -2.44. The lowest BCUT2D eigenvalue weighted by molar-refractivity contribution is 0.100. The van der Waals surface area contributed by atoms with Crippen molar-refractivity contribution in [1.82, 2.24) is 20.4 Å². The molecule has 3 rings (SSSR count). The van der Waals surface area contributed by atoms with Gasteiger partial charge in [-0.05, 0) is 19.0 Å². The average Bonchev–Trinajstić information content (AvgIpc) is 3.02. The normalized spacial score (nSPS) is 18.6. The number of ether oxygens (including phenoxy) is 1. The maximum Gasteiger partial charge on any atom is 0.252 e. The smallest absolute Gasteiger partial charge is 0.252 e. The molecule has 23 heavy (non-hydrogen) atoms. The van der Waals surface area contributed by atoms with E-state index in [2.05, 4.69) is 39.5 Å². The highest BCUT2D eigenvalue weighted by Gasteiger charge is 2.25. The number of halogens is 1. The number of piperazine rings is 1. The molecule has 7 heteroatoms. The minimum absolute atomic E-state index is 0. The lowest BCUT2D eigenvalue weighted by atomic mass is 10.2. The van der Waals surface area contributed by atoms with E-state index in [-0.39, 0.29) is 18.4 Å². The van der Waals surface area contributed by atoms with Crippen LogP contribution in [0, 0.1) is 0 Å². The molecule has 1 atom stereocenters. The molecular weight excluding hydrogens is 316 g/mol. The van der Waals surface area contributed by atoms with Gasteiger partial charge < -0.3 is 14.6 Å². The van der Waals surface area contributed by atoms with Gasteiger partial charge in [-0.25, -0.2) is 0 Å². The average molecular weight is 339 g/mol. The Morgan fingerprint density at radius 1 is 1.35 bits per heavy atom. The minimum Gasteiger partial charge on any atom is -0.371 e. The zero-order chi connectivity index (χ0) is 15.2. The number of benzene rings is 1. The molecule has 1 fully saturated rings. The summed E-state index contributed by atoms with van der Waals surface area (Å²) in [6, 6.07) is 10.5. The lowest BCUT2D eigenvalue weighted by Gasteiger charge is -2.30. The summed E-state index contributed by atoms with van der Waals surface area (Å²) in [6.45, 7) is 3.85. The van der Waals surface area contributed by atoms with Crippen molar-refractivity contribution in [3.05, 3.63) is 47.6 Å². The highest BCUT2D eigenvalue weighted by Crippen LogP contribution is 2.17. The molecule has 1 aliphatic rings. The predicted octanol–water partition coefficient (Wildman–Crippen LogP) is 1.83. The van der Waals surface area contributed by atoms with Crippen molar-refractivity contribution in [3.8, 4) is 0 Å². The van der Waals surface area contributed by atoms with E-state index in [1.807, 2.05) is 18.2 Å². The van der Waals surface area contributed by atoms with Crippen LogP contribution in [-0.4, -0.2) is 48.3 Å². The number of aromatic nitrogens is 2. The van der Waals surface area contributed by atoms with Crippen LogP contribution in [0.4, 0.5) is 0 Å². The first-order chi connectivity index (χ1) is 10.8. The van der Waals surface area contributed by atoms with Crippen molar-refractivity contribution >= 4 is 12.4 Å². The molecule has 1 saturated heterocycles. The fraction of sp³-hybridized carbons (Fsp3) is 0.500. The largest absolute Gasteiger partial charge is 0.371 e. The number of hydrogen-bond acceptors (Lipinski definition) is 6. The van der Waals surface area contributed by atoms with Gasteiger partial charge in [0.1, 0.15) is 6.61 Å². The van der Waals surface area contributed by atoms with Gasteiger partial charge in [-0.1, -0.05) is 35.5 Å². The van der Waals surface area contributed by atoms with E-state index in [1.165, 1.54) is 5.56 Å². The Bertz CT molecular complexity index is 578. The summed E-state index contributed by atoms with van der Waals surface area (Å²) < 4.78 is 10.9. The van der Waals surface area contributed by atoms with Gasteiger partial charge in [-0.2, -0.15) is 4.98 Å². The van der Waals surface area contributed by atoms with Crippen molar-refractivity contribution in [3.63, 3.8) is 0 Å². The van der Waals surface area contributed by atoms with Crippen LogP contribution in [0.3, 0.4) is 0 Å². The molecule has 1 aromatic heterocycles. The molecule has 1 N–H and O–H groups in total. The Hall–Kier alpha value is -1.47. The number of likely N-dealkylation sites (N-methyl/N-ethyl adjacent to an activating group) is 1. The zero-order valence-electron chi connectivity index (χ0n) is 13.3. The second-order valence-corrected chi connectivity index (χ2v) is 5.54. The van der Waals surface area contributed by atoms with Gasteiger partial charge in [0, 0.05) is 19.6 Å². The first-order valence-corrected chi connectivity index (χ1v) is 7.68. The molecule has 2 heterocycles. The van der Waals surface area contributed by atoms with Crippen molar-refractivity contribution in [1.29, 1.82) is 0 Å². The molecule has 1 aromatic carbocycles. The van der Waals surface area contributed by atoms with E-state index in [1.54, 1.807) is 0 Å². The maximum atomic E-state index is 5.63. The highest BCUT2D eigenvalue weighted by atomic mass is 35.5. The minimum atomic E-state index is 0. The summed E-state index contributed by atoms with van der Waals surface area (Å²) in [5.41, 5.74) is 1.27. The van der Waals surface area contributed by atoms with Gasteiger partial charge in [0.05, 0.1) is 12.6 Å². The topological polar surface area (TPSA) is 63.4 Å². The molecule has 0 amide bonds. The summed E-state index contributed by atoms with van der Waals surface area (Å²) in [5.74, 6) is 1.28. The molecule has 1 aliphatic heterocycles. The Morgan fingerprint density at radius 3 is 2.96 bits per heavy atom. The summed E-state index contributed by atoms with van der Waals surface area (Å²) in [7, 11) is 2.08. The summed E-state index contributed by atoms with van der Waals surface area (Å²) in [5, 5.41) is 7.43. The molecule has 0 spiro atoms. The Labute approximate surface area is 142 Å².